The quantitative estimate of drug-likeness (QED) is 0.606. The van der Waals surface area contributed by atoms with Gasteiger partial charge >= 0.3 is 0 Å². The molecule has 0 nitrogen and oxygen atoms in total. The van der Waals surface area contributed by atoms with Crippen LogP contribution in [0.5, 0.6) is 0 Å². The van der Waals surface area contributed by atoms with E-state index in [1.165, 1.54) is 28.7 Å². The molecule has 0 saturated heterocycles. The summed E-state index contributed by atoms with van der Waals surface area (Å²) in [5.41, 5.74) is 5.66. The summed E-state index contributed by atoms with van der Waals surface area (Å²) in [4.78, 5) is 0. The minimum atomic E-state index is 0.642. The van der Waals surface area contributed by atoms with E-state index in [1.54, 1.807) is 0 Å². The van der Waals surface area contributed by atoms with Crippen molar-refractivity contribution in [3.05, 3.63) is 47.0 Å². The second kappa shape index (κ2) is 5.89. The van der Waals surface area contributed by atoms with Crippen molar-refractivity contribution in [2.75, 3.05) is 0 Å². The lowest BCUT2D eigenvalue weighted by atomic mass is 9.88. The molecule has 0 N–H and O–H groups in total. The van der Waals surface area contributed by atoms with E-state index in [0.29, 0.717) is 5.92 Å². The van der Waals surface area contributed by atoms with E-state index in [0.717, 1.165) is 12.8 Å². The Morgan fingerprint density at radius 3 is 2.50 bits per heavy atom. The first-order valence-corrected chi connectivity index (χ1v) is 6.32. The highest BCUT2D eigenvalue weighted by atomic mass is 14.2. The van der Waals surface area contributed by atoms with E-state index >= 15 is 0 Å². The van der Waals surface area contributed by atoms with Crippen molar-refractivity contribution in [1.29, 1.82) is 0 Å². The normalized spacial score (nSPS) is 12.5. The van der Waals surface area contributed by atoms with Crippen LogP contribution in [0, 0.1) is 6.92 Å². The first-order chi connectivity index (χ1) is 7.58. The van der Waals surface area contributed by atoms with Gasteiger partial charge in [-0.1, -0.05) is 37.6 Å². The molecule has 0 spiro atoms. The zero-order chi connectivity index (χ0) is 12.1. The Bertz CT molecular complexity index is 360. The van der Waals surface area contributed by atoms with Gasteiger partial charge in [-0.05, 0) is 55.7 Å². The van der Waals surface area contributed by atoms with Crippen molar-refractivity contribution in [1.82, 2.24) is 0 Å². The summed E-state index contributed by atoms with van der Waals surface area (Å²) in [6.07, 6.45) is 3.44. The SMILES string of the molecule is C=C(C)C[C@H](CC)c1ccc(C)c(CC)c1. The maximum Gasteiger partial charge on any atom is -0.0127 e. The molecule has 88 valence electrons. The predicted octanol–water partition coefficient (Wildman–Crippen LogP) is 5.02. The van der Waals surface area contributed by atoms with Crippen molar-refractivity contribution in [2.45, 2.75) is 52.9 Å². The Kier molecular flexibility index (Phi) is 4.79. The Labute approximate surface area is 100 Å². The van der Waals surface area contributed by atoms with Crippen LogP contribution in [0.25, 0.3) is 0 Å². The van der Waals surface area contributed by atoms with Gasteiger partial charge < -0.3 is 0 Å². The van der Waals surface area contributed by atoms with Gasteiger partial charge in [-0.25, -0.2) is 0 Å². The molecular weight excluding hydrogens is 192 g/mol. The molecule has 0 amide bonds. The van der Waals surface area contributed by atoms with Crippen LogP contribution in [0.3, 0.4) is 0 Å². The van der Waals surface area contributed by atoms with Gasteiger partial charge in [0.05, 0.1) is 0 Å². The zero-order valence-electron chi connectivity index (χ0n) is 11.1. The van der Waals surface area contributed by atoms with Gasteiger partial charge in [0, 0.05) is 0 Å². The van der Waals surface area contributed by atoms with E-state index in [-0.39, 0.29) is 0 Å². The predicted molar refractivity (Wildman–Crippen MR) is 73.0 cm³/mol. The molecule has 1 atom stereocenters. The third-order valence-electron chi connectivity index (χ3n) is 3.31. The molecular formula is C16H24. The number of hydrogen-bond acceptors (Lipinski definition) is 0. The molecule has 0 heterocycles. The second-order valence-corrected chi connectivity index (χ2v) is 4.81. The molecule has 0 unspecified atom stereocenters. The molecule has 0 bridgehead atoms. The standard InChI is InChI=1S/C16H24/c1-6-14-11-16(9-8-13(14)5)15(7-2)10-12(3)4/h8-9,11,15H,3,6-7,10H2,1-2,4-5H3/t15-/m0/s1. The van der Waals surface area contributed by atoms with Crippen LogP contribution in [0.1, 0.15) is 56.2 Å². The Balaban J connectivity index is 2.96. The molecule has 16 heavy (non-hydrogen) atoms. The van der Waals surface area contributed by atoms with Crippen LogP contribution in [0.4, 0.5) is 0 Å². The Morgan fingerprint density at radius 2 is 2.00 bits per heavy atom. The molecule has 1 aromatic carbocycles. The highest BCUT2D eigenvalue weighted by molar-refractivity contribution is 5.33. The van der Waals surface area contributed by atoms with E-state index in [1.807, 2.05) is 0 Å². The highest BCUT2D eigenvalue weighted by Gasteiger charge is 2.10. The fourth-order valence-electron chi connectivity index (χ4n) is 2.24. The Morgan fingerprint density at radius 1 is 1.31 bits per heavy atom. The smallest absolute Gasteiger partial charge is 0.0127 e. The number of benzene rings is 1. The Hall–Kier alpha value is -1.04. The van der Waals surface area contributed by atoms with Crippen molar-refractivity contribution in [2.24, 2.45) is 0 Å². The lowest BCUT2D eigenvalue weighted by molar-refractivity contribution is 0.656. The monoisotopic (exact) mass is 216 g/mol. The molecule has 0 aliphatic heterocycles. The van der Waals surface area contributed by atoms with E-state index in [4.69, 9.17) is 0 Å². The van der Waals surface area contributed by atoms with Crippen LogP contribution >= 0.6 is 0 Å². The van der Waals surface area contributed by atoms with Crippen LogP contribution < -0.4 is 0 Å². The molecule has 0 aromatic heterocycles. The third-order valence-corrected chi connectivity index (χ3v) is 3.31. The molecule has 0 aliphatic rings. The molecule has 0 fully saturated rings. The molecule has 0 radical (unpaired) electrons. The van der Waals surface area contributed by atoms with Gasteiger partial charge in [0.25, 0.3) is 0 Å². The summed E-state index contributed by atoms with van der Waals surface area (Å²) in [7, 11) is 0. The van der Waals surface area contributed by atoms with E-state index < -0.39 is 0 Å². The van der Waals surface area contributed by atoms with Gasteiger partial charge in [-0.3, -0.25) is 0 Å². The summed E-state index contributed by atoms with van der Waals surface area (Å²) in [5, 5.41) is 0. The second-order valence-electron chi connectivity index (χ2n) is 4.81. The zero-order valence-corrected chi connectivity index (χ0v) is 11.1. The maximum atomic E-state index is 4.03. The highest BCUT2D eigenvalue weighted by Crippen LogP contribution is 2.27. The summed E-state index contributed by atoms with van der Waals surface area (Å²) >= 11 is 0. The fourth-order valence-corrected chi connectivity index (χ4v) is 2.24. The van der Waals surface area contributed by atoms with Gasteiger partial charge in [0.2, 0.25) is 0 Å². The van der Waals surface area contributed by atoms with Crippen molar-refractivity contribution in [3.63, 3.8) is 0 Å². The van der Waals surface area contributed by atoms with Gasteiger partial charge in [0.1, 0.15) is 0 Å². The van der Waals surface area contributed by atoms with Crippen LogP contribution in [-0.4, -0.2) is 0 Å². The maximum absolute atomic E-state index is 4.03. The lowest BCUT2D eigenvalue weighted by Crippen LogP contribution is -2.00. The van der Waals surface area contributed by atoms with Crippen LogP contribution in [0.15, 0.2) is 30.4 Å². The molecule has 0 aliphatic carbocycles. The topological polar surface area (TPSA) is 0 Å². The minimum absolute atomic E-state index is 0.642. The largest absolute Gasteiger partial charge is 0.100 e. The first kappa shape index (κ1) is 13.0. The average Bonchev–Trinajstić information content (AvgIpc) is 2.26. The average molecular weight is 216 g/mol. The first-order valence-electron chi connectivity index (χ1n) is 6.32. The summed E-state index contributed by atoms with van der Waals surface area (Å²) < 4.78 is 0. The van der Waals surface area contributed by atoms with Crippen LogP contribution in [-0.2, 0) is 6.42 Å². The van der Waals surface area contributed by atoms with Crippen molar-refractivity contribution < 1.29 is 0 Å². The molecule has 1 aromatic rings. The van der Waals surface area contributed by atoms with Crippen molar-refractivity contribution >= 4 is 0 Å². The van der Waals surface area contributed by atoms with E-state index in [2.05, 4.69) is 52.5 Å². The summed E-state index contributed by atoms with van der Waals surface area (Å²) in [6.45, 7) is 12.8. The van der Waals surface area contributed by atoms with E-state index in [9.17, 15) is 0 Å². The lowest BCUT2D eigenvalue weighted by Gasteiger charge is -2.17. The van der Waals surface area contributed by atoms with Crippen molar-refractivity contribution in [3.8, 4) is 0 Å². The minimum Gasteiger partial charge on any atom is -0.100 e. The van der Waals surface area contributed by atoms with Crippen LogP contribution in [0.2, 0.25) is 0 Å². The molecule has 0 saturated carbocycles. The summed E-state index contributed by atoms with van der Waals surface area (Å²) in [5.74, 6) is 0.642. The fraction of sp³-hybridized carbons (Fsp3) is 0.500. The molecule has 0 heteroatoms. The summed E-state index contributed by atoms with van der Waals surface area (Å²) in [6, 6.07) is 6.92. The number of allylic oxidation sites excluding steroid dienone is 1. The number of aryl methyl sites for hydroxylation is 2. The van der Waals surface area contributed by atoms with Gasteiger partial charge in [0.15, 0.2) is 0 Å². The number of hydrogen-bond donors (Lipinski definition) is 0. The molecule has 1 rings (SSSR count). The number of rotatable bonds is 5. The third kappa shape index (κ3) is 3.23. The van der Waals surface area contributed by atoms with Gasteiger partial charge in [-0.15, -0.1) is 6.58 Å². The van der Waals surface area contributed by atoms with Gasteiger partial charge in [-0.2, -0.15) is 0 Å².